The molecule has 5 aliphatic rings. The number of rotatable bonds is 3. The Hall–Kier alpha value is -5.58. The predicted molar refractivity (Wildman–Crippen MR) is 305 cm³/mol. The van der Waals surface area contributed by atoms with Crippen LogP contribution in [0, 0.1) is 0 Å². The lowest BCUT2D eigenvalue weighted by molar-refractivity contribution is 0.199. The Labute approximate surface area is 422 Å². The van der Waals surface area contributed by atoms with Crippen LogP contribution in [-0.2, 0) is 27.1 Å². The molecular formula is C66H69BN2S. The number of fused-ring (bicyclic) bond motifs is 11. The third-order valence-electron chi connectivity index (χ3n) is 18.8. The van der Waals surface area contributed by atoms with Crippen LogP contribution in [0.5, 0.6) is 0 Å². The van der Waals surface area contributed by atoms with E-state index in [1.54, 1.807) is 11.1 Å². The van der Waals surface area contributed by atoms with Crippen LogP contribution in [0.3, 0.4) is 0 Å². The van der Waals surface area contributed by atoms with Gasteiger partial charge in [-0.2, -0.15) is 0 Å². The van der Waals surface area contributed by atoms with E-state index in [1.165, 1.54) is 142 Å². The molecule has 8 aromatic rings. The van der Waals surface area contributed by atoms with Gasteiger partial charge in [0.25, 0.3) is 0 Å². The van der Waals surface area contributed by atoms with Gasteiger partial charge in [-0.25, -0.2) is 0 Å². The van der Waals surface area contributed by atoms with E-state index in [4.69, 9.17) is 0 Å². The molecule has 2 atom stereocenters. The highest BCUT2D eigenvalue weighted by molar-refractivity contribution is 7.26. The second kappa shape index (κ2) is 14.5. The van der Waals surface area contributed by atoms with Gasteiger partial charge >= 0.3 is 6.85 Å². The first-order valence-electron chi connectivity index (χ1n) is 26.5. The van der Waals surface area contributed by atoms with Crippen molar-refractivity contribution in [3.05, 3.63) is 155 Å². The van der Waals surface area contributed by atoms with Gasteiger partial charge in [0.15, 0.2) is 0 Å². The minimum absolute atomic E-state index is 0.00200. The third kappa shape index (κ3) is 6.10. The molecule has 3 aliphatic heterocycles. The molecule has 4 heteroatoms. The molecule has 70 heavy (non-hydrogen) atoms. The maximum Gasteiger partial charge on any atom is 0.328 e. The summed E-state index contributed by atoms with van der Waals surface area (Å²) in [7, 11) is 0. The zero-order valence-corrected chi connectivity index (χ0v) is 44.6. The van der Waals surface area contributed by atoms with Gasteiger partial charge in [0.1, 0.15) is 0 Å². The standard InChI is InChI=1S/C66H69BN2S/c1-61(2,3)43-25-26-54(45(33-43)41-23-17-14-18-24-41)68-55-37-47-46-36-50-51(64(9,10)30-29-63(50,7)8)38-57(46)70-58(47)39-53(55)67-59-48(31-42(32-56(59)68)40-21-15-13-16-22-40)49-34-44(62(4,5)6)35-52-60(49)69(67)66(12)28-20-19-27-65(52,66)11/h13-18,21-26,31-39H,19-20,27-30H2,1-12H3. The monoisotopic (exact) mass is 933 g/mol. The fourth-order valence-corrected chi connectivity index (χ4v) is 15.4. The fourth-order valence-electron chi connectivity index (χ4n) is 14.2. The molecule has 352 valence electrons. The Kier molecular flexibility index (Phi) is 9.21. The number of benzene rings is 7. The van der Waals surface area contributed by atoms with Crippen LogP contribution < -0.4 is 20.6 Å². The van der Waals surface area contributed by atoms with Crippen LogP contribution in [0.2, 0.25) is 0 Å². The molecule has 2 nitrogen and oxygen atoms in total. The molecule has 0 amide bonds. The van der Waals surface area contributed by atoms with Crippen molar-refractivity contribution < 1.29 is 0 Å². The molecule has 0 saturated heterocycles. The minimum atomic E-state index is -0.0785. The maximum absolute atomic E-state index is 3.02. The van der Waals surface area contributed by atoms with Crippen molar-refractivity contribution in [2.24, 2.45) is 0 Å². The van der Waals surface area contributed by atoms with Crippen molar-refractivity contribution in [3.8, 4) is 33.4 Å². The number of hydrogen-bond acceptors (Lipinski definition) is 3. The zero-order valence-electron chi connectivity index (χ0n) is 43.7. The Bertz CT molecular complexity index is 3510. The molecule has 1 aromatic heterocycles. The second-order valence-corrected chi connectivity index (χ2v) is 27.0. The molecule has 0 radical (unpaired) electrons. The molecule has 7 aromatic carbocycles. The lowest BCUT2D eigenvalue weighted by Gasteiger charge is -2.55. The van der Waals surface area contributed by atoms with Crippen molar-refractivity contribution in [3.63, 3.8) is 0 Å². The summed E-state index contributed by atoms with van der Waals surface area (Å²) in [5.41, 5.74) is 23.6. The van der Waals surface area contributed by atoms with Crippen molar-refractivity contribution in [1.29, 1.82) is 0 Å². The summed E-state index contributed by atoms with van der Waals surface area (Å²) in [6.07, 6.45) is 7.33. The summed E-state index contributed by atoms with van der Waals surface area (Å²) in [6.45, 7) is 29.5. The summed E-state index contributed by atoms with van der Waals surface area (Å²) < 4.78 is 2.81. The van der Waals surface area contributed by atoms with E-state index in [9.17, 15) is 0 Å². The number of anilines is 4. The molecule has 0 bridgehead atoms. The number of nitrogens with zero attached hydrogens (tertiary/aromatic N) is 2. The van der Waals surface area contributed by atoms with E-state index >= 15 is 0 Å². The summed E-state index contributed by atoms with van der Waals surface area (Å²) in [6, 6.07) is 50.8. The molecule has 0 spiro atoms. The molecule has 2 aliphatic carbocycles. The van der Waals surface area contributed by atoms with Crippen molar-refractivity contribution in [2.45, 2.75) is 154 Å². The average Bonchev–Trinajstić information content (AvgIpc) is 3.79. The van der Waals surface area contributed by atoms with Crippen LogP contribution in [0.25, 0.3) is 53.6 Å². The molecule has 4 heterocycles. The van der Waals surface area contributed by atoms with E-state index in [1.807, 2.05) is 11.3 Å². The highest BCUT2D eigenvalue weighted by Gasteiger charge is 2.63. The quantitative estimate of drug-likeness (QED) is 0.163. The first-order chi connectivity index (χ1) is 33.2. The van der Waals surface area contributed by atoms with Crippen molar-refractivity contribution in [1.82, 2.24) is 0 Å². The fraction of sp³-hybridized carbons (Fsp3) is 0.364. The van der Waals surface area contributed by atoms with E-state index in [2.05, 4.69) is 220 Å². The Morgan fingerprint density at radius 1 is 0.486 bits per heavy atom. The maximum atomic E-state index is 3.02. The molecule has 0 N–H and O–H groups in total. The van der Waals surface area contributed by atoms with Crippen LogP contribution in [-0.4, -0.2) is 12.4 Å². The highest BCUT2D eigenvalue weighted by atomic mass is 32.1. The van der Waals surface area contributed by atoms with Gasteiger partial charge in [-0.3, -0.25) is 0 Å². The van der Waals surface area contributed by atoms with Gasteiger partial charge < -0.3 is 9.71 Å². The SMILES string of the molecule is CC(C)(C)c1ccc(N2c3cc4c(cc3B3c5c(cc(-c6ccccc6)cc52)-c2cc(C(C)(C)C)cc5c2N3C2(C)CCCCC52C)sc2cc3c(cc24)C(C)(C)CCC3(C)C)c(-c2ccccc2)c1. The number of thiophene rings is 1. The van der Waals surface area contributed by atoms with E-state index < -0.39 is 0 Å². The summed E-state index contributed by atoms with van der Waals surface area (Å²) >= 11 is 2.02. The van der Waals surface area contributed by atoms with E-state index in [0.29, 0.717) is 0 Å². The van der Waals surface area contributed by atoms with Crippen LogP contribution >= 0.6 is 11.3 Å². The van der Waals surface area contributed by atoms with Gasteiger partial charge in [-0.15, -0.1) is 11.3 Å². The van der Waals surface area contributed by atoms with Gasteiger partial charge in [0.05, 0.1) is 5.69 Å². The first kappa shape index (κ1) is 44.4. The normalized spacial score (nSPS) is 21.6. The lowest BCUT2D eigenvalue weighted by atomic mass is 9.42. The minimum Gasteiger partial charge on any atom is -0.400 e. The average molecular weight is 933 g/mol. The second-order valence-electron chi connectivity index (χ2n) is 25.9. The van der Waals surface area contributed by atoms with Gasteiger partial charge in [0, 0.05) is 59.3 Å². The van der Waals surface area contributed by atoms with Gasteiger partial charge in [-0.1, -0.05) is 162 Å². The molecular weight excluding hydrogens is 864 g/mol. The smallest absolute Gasteiger partial charge is 0.328 e. The Morgan fingerprint density at radius 3 is 1.79 bits per heavy atom. The summed E-state index contributed by atoms with van der Waals surface area (Å²) in [5.74, 6) is 0. The molecule has 2 unspecified atom stereocenters. The lowest BCUT2D eigenvalue weighted by Crippen LogP contribution is -2.70. The molecule has 1 fully saturated rings. The zero-order chi connectivity index (χ0) is 48.7. The topological polar surface area (TPSA) is 6.48 Å². The largest absolute Gasteiger partial charge is 0.400 e. The molecule has 1 saturated carbocycles. The van der Waals surface area contributed by atoms with Crippen molar-refractivity contribution in [2.75, 3.05) is 9.71 Å². The Morgan fingerprint density at radius 2 is 1.10 bits per heavy atom. The summed E-state index contributed by atoms with van der Waals surface area (Å²) in [5, 5.41) is 2.78. The van der Waals surface area contributed by atoms with Gasteiger partial charge in [0.2, 0.25) is 0 Å². The van der Waals surface area contributed by atoms with Crippen molar-refractivity contribution >= 4 is 72.0 Å². The summed E-state index contributed by atoms with van der Waals surface area (Å²) in [4.78, 5) is 5.76. The number of hydrogen-bond donors (Lipinski definition) is 0. The van der Waals surface area contributed by atoms with Crippen LogP contribution in [0.15, 0.2) is 127 Å². The molecule has 13 rings (SSSR count). The van der Waals surface area contributed by atoms with E-state index in [0.717, 1.165) is 0 Å². The van der Waals surface area contributed by atoms with Gasteiger partial charge in [-0.05, 0) is 170 Å². The van der Waals surface area contributed by atoms with Crippen LogP contribution in [0.1, 0.15) is 149 Å². The predicted octanol–water partition coefficient (Wildman–Crippen LogP) is 17.3. The highest BCUT2D eigenvalue weighted by Crippen LogP contribution is 2.64. The van der Waals surface area contributed by atoms with E-state index in [-0.39, 0.29) is 39.5 Å². The third-order valence-corrected chi connectivity index (χ3v) is 19.9. The Balaban J connectivity index is 1.20. The first-order valence-corrected chi connectivity index (χ1v) is 27.3. The van der Waals surface area contributed by atoms with Crippen LogP contribution in [0.4, 0.5) is 22.7 Å².